The minimum atomic E-state index is -3.10. The maximum atomic E-state index is 12.1. The predicted molar refractivity (Wildman–Crippen MR) is 83.3 cm³/mol. The van der Waals surface area contributed by atoms with Gasteiger partial charge in [0.2, 0.25) is 15.9 Å². The van der Waals surface area contributed by atoms with Gasteiger partial charge < -0.3 is 5.32 Å². The van der Waals surface area contributed by atoms with Gasteiger partial charge in [-0.1, -0.05) is 25.7 Å². The van der Waals surface area contributed by atoms with Gasteiger partial charge in [-0.05, 0) is 31.6 Å². The second-order valence-electron chi connectivity index (χ2n) is 6.52. The van der Waals surface area contributed by atoms with Crippen molar-refractivity contribution in [3.05, 3.63) is 0 Å². The second kappa shape index (κ2) is 7.58. The van der Waals surface area contributed by atoms with Gasteiger partial charge in [0, 0.05) is 25.6 Å². The molecule has 6 heteroatoms. The van der Waals surface area contributed by atoms with Crippen LogP contribution in [0.2, 0.25) is 0 Å². The summed E-state index contributed by atoms with van der Waals surface area (Å²) in [6.07, 6.45) is 10.3. The summed E-state index contributed by atoms with van der Waals surface area (Å²) in [6.45, 7) is 1.71. The van der Waals surface area contributed by atoms with E-state index >= 15 is 0 Å². The van der Waals surface area contributed by atoms with Crippen LogP contribution in [0.3, 0.4) is 0 Å². The van der Waals surface area contributed by atoms with Crippen molar-refractivity contribution in [3.63, 3.8) is 0 Å². The molecule has 122 valence electrons. The van der Waals surface area contributed by atoms with Gasteiger partial charge in [0.05, 0.1) is 6.26 Å². The normalized spacial score (nSPS) is 22.5. The zero-order chi connectivity index (χ0) is 15.3. The van der Waals surface area contributed by atoms with Crippen molar-refractivity contribution in [2.45, 2.75) is 51.4 Å². The first-order valence-corrected chi connectivity index (χ1v) is 10.0. The molecule has 0 unspecified atom stereocenters. The Morgan fingerprint density at radius 1 is 1.14 bits per heavy atom. The highest BCUT2D eigenvalue weighted by atomic mass is 32.2. The molecular weight excluding hydrogens is 288 g/mol. The van der Waals surface area contributed by atoms with E-state index in [1.165, 1.54) is 42.7 Å². The number of amides is 1. The molecule has 2 aliphatic rings. The van der Waals surface area contributed by atoms with Gasteiger partial charge in [0.25, 0.3) is 0 Å². The van der Waals surface area contributed by atoms with Crippen molar-refractivity contribution in [1.29, 1.82) is 0 Å². The Hall–Kier alpha value is -0.620. The van der Waals surface area contributed by atoms with Crippen LogP contribution in [0.25, 0.3) is 0 Å². The average molecular weight is 316 g/mol. The van der Waals surface area contributed by atoms with E-state index in [9.17, 15) is 13.2 Å². The molecule has 0 spiro atoms. The molecule has 1 amide bonds. The van der Waals surface area contributed by atoms with Gasteiger partial charge in [-0.25, -0.2) is 12.7 Å². The summed E-state index contributed by atoms with van der Waals surface area (Å²) in [6, 6.07) is 0. The zero-order valence-corrected chi connectivity index (χ0v) is 13.8. The molecule has 0 aromatic rings. The fourth-order valence-electron chi connectivity index (χ4n) is 3.50. The van der Waals surface area contributed by atoms with Crippen molar-refractivity contribution in [3.8, 4) is 0 Å². The minimum Gasteiger partial charge on any atom is -0.356 e. The molecule has 0 aromatic carbocycles. The van der Waals surface area contributed by atoms with Crippen LogP contribution in [0.15, 0.2) is 0 Å². The van der Waals surface area contributed by atoms with Crippen LogP contribution in [0.4, 0.5) is 0 Å². The maximum absolute atomic E-state index is 12.1. The van der Waals surface area contributed by atoms with Crippen LogP contribution in [0.5, 0.6) is 0 Å². The fraction of sp³-hybridized carbons (Fsp3) is 0.933. The van der Waals surface area contributed by atoms with Crippen molar-refractivity contribution in [2.75, 3.05) is 25.9 Å². The molecule has 21 heavy (non-hydrogen) atoms. The van der Waals surface area contributed by atoms with Gasteiger partial charge in [-0.2, -0.15) is 0 Å². The van der Waals surface area contributed by atoms with Crippen LogP contribution in [0.1, 0.15) is 51.4 Å². The van der Waals surface area contributed by atoms with E-state index in [4.69, 9.17) is 0 Å². The van der Waals surface area contributed by atoms with E-state index in [0.29, 0.717) is 25.9 Å². The third-order valence-corrected chi connectivity index (χ3v) is 6.16. The van der Waals surface area contributed by atoms with Crippen LogP contribution < -0.4 is 5.32 Å². The molecule has 0 atom stereocenters. The lowest BCUT2D eigenvalue weighted by atomic mass is 9.97. The lowest BCUT2D eigenvalue weighted by Crippen LogP contribution is -2.42. The average Bonchev–Trinajstić information content (AvgIpc) is 2.96. The van der Waals surface area contributed by atoms with Crippen LogP contribution in [-0.4, -0.2) is 44.5 Å². The van der Waals surface area contributed by atoms with Crippen molar-refractivity contribution in [2.24, 2.45) is 11.8 Å². The molecular formula is C15H28N2O3S. The molecule has 1 N–H and O–H groups in total. The van der Waals surface area contributed by atoms with Crippen LogP contribution in [-0.2, 0) is 14.8 Å². The second-order valence-corrected chi connectivity index (χ2v) is 8.50. The molecule has 1 aliphatic heterocycles. The van der Waals surface area contributed by atoms with Gasteiger partial charge in [-0.15, -0.1) is 0 Å². The molecule has 1 saturated carbocycles. The lowest BCUT2D eigenvalue weighted by Gasteiger charge is -2.29. The first kappa shape index (κ1) is 16.7. The SMILES string of the molecule is CS(=O)(=O)N1CCC(C(=O)NCCCC2CCCC2)CC1. The minimum absolute atomic E-state index is 0.0190. The number of carbonyl (C=O) groups is 1. The highest BCUT2D eigenvalue weighted by molar-refractivity contribution is 7.88. The summed E-state index contributed by atoms with van der Waals surface area (Å²) in [4.78, 5) is 12.1. The van der Waals surface area contributed by atoms with Gasteiger partial charge in [-0.3, -0.25) is 4.79 Å². The molecule has 0 bridgehead atoms. The number of sulfonamides is 1. The summed E-state index contributed by atoms with van der Waals surface area (Å²) in [7, 11) is -3.10. The number of nitrogens with one attached hydrogen (secondary N) is 1. The van der Waals surface area contributed by atoms with E-state index in [0.717, 1.165) is 18.9 Å². The fourth-order valence-corrected chi connectivity index (χ4v) is 4.37. The van der Waals surface area contributed by atoms with Crippen molar-refractivity contribution >= 4 is 15.9 Å². The Morgan fingerprint density at radius 2 is 1.76 bits per heavy atom. The van der Waals surface area contributed by atoms with Crippen LogP contribution >= 0.6 is 0 Å². The van der Waals surface area contributed by atoms with E-state index in [1.54, 1.807) is 0 Å². The first-order chi connectivity index (χ1) is 9.97. The Kier molecular flexibility index (Phi) is 6.05. The van der Waals surface area contributed by atoms with Gasteiger partial charge >= 0.3 is 0 Å². The molecule has 0 radical (unpaired) electrons. The molecule has 1 saturated heterocycles. The third kappa shape index (κ3) is 5.25. The highest BCUT2D eigenvalue weighted by Crippen LogP contribution is 2.28. The highest BCUT2D eigenvalue weighted by Gasteiger charge is 2.28. The Labute approximate surface area is 128 Å². The quantitative estimate of drug-likeness (QED) is 0.759. The number of hydrogen-bond acceptors (Lipinski definition) is 3. The molecule has 2 fully saturated rings. The van der Waals surface area contributed by atoms with Crippen molar-refractivity contribution < 1.29 is 13.2 Å². The molecule has 1 aliphatic carbocycles. The molecule has 5 nitrogen and oxygen atoms in total. The summed E-state index contributed by atoms with van der Waals surface area (Å²) < 4.78 is 24.3. The smallest absolute Gasteiger partial charge is 0.223 e. The Bertz CT molecular complexity index is 436. The Balaban J connectivity index is 1.61. The molecule has 2 rings (SSSR count). The van der Waals surface area contributed by atoms with E-state index in [-0.39, 0.29) is 11.8 Å². The monoisotopic (exact) mass is 316 g/mol. The van der Waals surface area contributed by atoms with Crippen molar-refractivity contribution in [1.82, 2.24) is 9.62 Å². The summed E-state index contributed by atoms with van der Waals surface area (Å²) in [5.41, 5.74) is 0. The predicted octanol–water partition coefficient (Wildman–Crippen LogP) is 1.74. The zero-order valence-electron chi connectivity index (χ0n) is 13.0. The Morgan fingerprint density at radius 3 is 2.33 bits per heavy atom. The number of carbonyl (C=O) groups excluding carboxylic acids is 1. The molecule has 1 heterocycles. The molecule has 0 aromatic heterocycles. The number of piperidine rings is 1. The van der Waals surface area contributed by atoms with E-state index in [2.05, 4.69) is 5.32 Å². The summed E-state index contributed by atoms with van der Waals surface area (Å²) >= 11 is 0. The first-order valence-electron chi connectivity index (χ1n) is 8.19. The largest absolute Gasteiger partial charge is 0.356 e. The van der Waals surface area contributed by atoms with E-state index in [1.807, 2.05) is 0 Å². The topological polar surface area (TPSA) is 66.5 Å². The third-order valence-electron chi connectivity index (χ3n) is 4.86. The summed E-state index contributed by atoms with van der Waals surface area (Å²) in [5.74, 6) is 0.962. The standard InChI is InChI=1S/C15H28N2O3S/c1-21(19,20)17-11-8-14(9-12-17)15(18)16-10-4-7-13-5-2-3-6-13/h13-14H,2-12H2,1H3,(H,16,18). The number of hydrogen-bond donors (Lipinski definition) is 1. The van der Waals surface area contributed by atoms with Gasteiger partial charge in [0.1, 0.15) is 0 Å². The number of rotatable bonds is 6. The maximum Gasteiger partial charge on any atom is 0.223 e. The number of nitrogens with zero attached hydrogens (tertiary/aromatic N) is 1. The summed E-state index contributed by atoms with van der Waals surface area (Å²) in [5, 5.41) is 3.02. The van der Waals surface area contributed by atoms with Crippen LogP contribution in [0, 0.1) is 11.8 Å². The van der Waals surface area contributed by atoms with E-state index < -0.39 is 10.0 Å². The van der Waals surface area contributed by atoms with Gasteiger partial charge in [0.15, 0.2) is 0 Å². The lowest BCUT2D eigenvalue weighted by molar-refractivity contribution is -0.126.